The lowest BCUT2D eigenvalue weighted by molar-refractivity contribution is -0.113. The highest BCUT2D eigenvalue weighted by Crippen LogP contribution is 2.31. The number of hydrogen-bond acceptors (Lipinski definition) is 5. The molecule has 0 aliphatic carbocycles. The van der Waals surface area contributed by atoms with E-state index < -0.39 is 5.82 Å². The molecule has 2 heterocycles. The highest BCUT2D eigenvalue weighted by atomic mass is 32.2. The third kappa shape index (κ3) is 3.83. The van der Waals surface area contributed by atoms with Crippen molar-refractivity contribution in [3.8, 4) is 11.1 Å². The Hall–Kier alpha value is -2.97. The van der Waals surface area contributed by atoms with E-state index >= 15 is 0 Å². The van der Waals surface area contributed by atoms with Crippen molar-refractivity contribution in [2.45, 2.75) is 5.16 Å². The minimum atomic E-state index is -0.499. The van der Waals surface area contributed by atoms with Crippen molar-refractivity contribution >= 4 is 44.9 Å². The van der Waals surface area contributed by atoms with Crippen molar-refractivity contribution in [1.29, 1.82) is 0 Å². The van der Waals surface area contributed by atoms with Crippen LogP contribution in [0, 0.1) is 5.82 Å². The van der Waals surface area contributed by atoms with Gasteiger partial charge in [-0.2, -0.15) is 0 Å². The fraction of sp³-hybridized carbons (Fsp3) is 0.0500. The zero-order valence-corrected chi connectivity index (χ0v) is 16.1. The lowest BCUT2D eigenvalue weighted by Crippen LogP contribution is -2.16. The molecular weight excluding hydrogens is 397 g/mol. The number of nitrogens with zero attached hydrogens (tertiary/aromatic N) is 1. The molecule has 0 bridgehead atoms. The fourth-order valence-corrected chi connectivity index (χ4v) is 4.38. The van der Waals surface area contributed by atoms with Crippen LogP contribution < -0.4 is 10.9 Å². The first-order valence-corrected chi connectivity index (χ1v) is 10.2. The monoisotopic (exact) mass is 411 g/mol. The summed E-state index contributed by atoms with van der Waals surface area (Å²) < 4.78 is 13.6. The third-order valence-corrected chi connectivity index (χ3v) is 5.74. The summed E-state index contributed by atoms with van der Waals surface area (Å²) >= 11 is 2.47. The molecule has 0 saturated heterocycles. The van der Waals surface area contributed by atoms with E-state index in [4.69, 9.17) is 0 Å². The summed E-state index contributed by atoms with van der Waals surface area (Å²) in [6.45, 7) is 0. The van der Waals surface area contributed by atoms with Gasteiger partial charge in [-0.05, 0) is 17.7 Å². The quantitative estimate of drug-likeness (QED) is 0.374. The van der Waals surface area contributed by atoms with E-state index in [0.29, 0.717) is 15.4 Å². The zero-order valence-electron chi connectivity index (χ0n) is 14.4. The van der Waals surface area contributed by atoms with Crippen molar-refractivity contribution in [2.24, 2.45) is 0 Å². The van der Waals surface area contributed by atoms with Crippen molar-refractivity contribution in [1.82, 2.24) is 9.97 Å². The first-order valence-electron chi connectivity index (χ1n) is 8.36. The van der Waals surface area contributed by atoms with Crippen LogP contribution >= 0.6 is 23.1 Å². The maximum atomic E-state index is 13.6. The maximum absolute atomic E-state index is 13.6. The number of H-pyrrole nitrogens is 1. The summed E-state index contributed by atoms with van der Waals surface area (Å²) in [5.74, 6) is -0.880. The lowest BCUT2D eigenvalue weighted by atomic mass is 10.1. The van der Waals surface area contributed by atoms with Crippen LogP contribution in [-0.2, 0) is 4.79 Å². The Labute approximate surface area is 167 Å². The third-order valence-electron chi connectivity index (χ3n) is 3.99. The van der Waals surface area contributed by atoms with Crippen LogP contribution in [0.4, 0.5) is 10.1 Å². The van der Waals surface area contributed by atoms with Gasteiger partial charge in [0.05, 0.1) is 16.8 Å². The Balaban J connectivity index is 1.52. The molecule has 8 heteroatoms. The summed E-state index contributed by atoms with van der Waals surface area (Å²) in [4.78, 5) is 32.4. The minimum absolute atomic E-state index is 0.000299. The first kappa shape index (κ1) is 18.4. The number of anilines is 1. The second-order valence-corrected chi connectivity index (χ2v) is 7.71. The van der Waals surface area contributed by atoms with Gasteiger partial charge in [0.1, 0.15) is 10.6 Å². The number of halogens is 1. The molecule has 0 unspecified atom stereocenters. The summed E-state index contributed by atoms with van der Waals surface area (Å²) in [5, 5.41) is 5.30. The Morgan fingerprint density at radius 1 is 1.14 bits per heavy atom. The number of fused-ring (bicyclic) bond motifs is 1. The number of nitrogens with one attached hydrogen (secondary N) is 2. The van der Waals surface area contributed by atoms with Crippen LogP contribution in [-0.4, -0.2) is 21.6 Å². The number of amides is 1. The van der Waals surface area contributed by atoms with Crippen LogP contribution in [0.1, 0.15) is 0 Å². The van der Waals surface area contributed by atoms with Crippen molar-refractivity contribution in [2.75, 3.05) is 11.1 Å². The molecule has 140 valence electrons. The number of rotatable bonds is 5. The molecule has 2 aromatic heterocycles. The van der Waals surface area contributed by atoms with E-state index in [1.165, 1.54) is 23.5 Å². The van der Waals surface area contributed by atoms with E-state index in [9.17, 15) is 14.0 Å². The van der Waals surface area contributed by atoms with Gasteiger partial charge < -0.3 is 10.3 Å². The number of aromatic nitrogens is 2. The number of para-hydroxylation sites is 1. The molecule has 2 N–H and O–H groups in total. The molecule has 28 heavy (non-hydrogen) atoms. The average Bonchev–Trinajstić information content (AvgIpc) is 3.13. The van der Waals surface area contributed by atoms with E-state index in [0.717, 1.165) is 22.9 Å². The molecule has 0 spiro atoms. The smallest absolute Gasteiger partial charge is 0.260 e. The molecule has 0 radical (unpaired) electrons. The van der Waals surface area contributed by atoms with E-state index in [1.807, 2.05) is 35.7 Å². The van der Waals surface area contributed by atoms with Crippen LogP contribution in [0.25, 0.3) is 21.3 Å². The second-order valence-electron chi connectivity index (χ2n) is 5.88. The molecule has 4 rings (SSSR count). The van der Waals surface area contributed by atoms with E-state index in [2.05, 4.69) is 15.3 Å². The molecule has 0 atom stereocenters. The summed E-state index contributed by atoms with van der Waals surface area (Å²) in [7, 11) is 0. The second kappa shape index (κ2) is 7.95. The summed E-state index contributed by atoms with van der Waals surface area (Å²) in [6.07, 6.45) is 0. The molecule has 4 aromatic rings. The van der Waals surface area contributed by atoms with Crippen LogP contribution in [0.2, 0.25) is 0 Å². The van der Waals surface area contributed by atoms with Crippen molar-refractivity contribution in [3.63, 3.8) is 0 Å². The van der Waals surface area contributed by atoms with Gasteiger partial charge in [-0.15, -0.1) is 11.3 Å². The normalized spacial score (nSPS) is 10.9. The Morgan fingerprint density at radius 2 is 1.89 bits per heavy atom. The molecule has 1 amide bonds. The topological polar surface area (TPSA) is 74.8 Å². The fourth-order valence-electron chi connectivity index (χ4n) is 2.71. The van der Waals surface area contributed by atoms with E-state index in [1.54, 1.807) is 12.1 Å². The average molecular weight is 411 g/mol. The molecule has 5 nitrogen and oxygen atoms in total. The highest BCUT2D eigenvalue weighted by Gasteiger charge is 2.14. The molecular formula is C20H14FN3O2S2. The van der Waals surface area contributed by atoms with E-state index in [-0.39, 0.29) is 22.9 Å². The van der Waals surface area contributed by atoms with Gasteiger partial charge in [-0.25, -0.2) is 9.37 Å². The summed E-state index contributed by atoms with van der Waals surface area (Å²) in [6, 6.07) is 15.6. The first-order chi connectivity index (χ1) is 13.6. The molecule has 2 aromatic carbocycles. The van der Waals surface area contributed by atoms with Crippen LogP contribution in [0.15, 0.2) is 69.9 Å². The SMILES string of the molecule is O=C(CSc1nc2scc(-c3ccccc3)c2c(=O)[nH]1)Nc1ccccc1F. The van der Waals surface area contributed by atoms with Gasteiger partial charge in [0.2, 0.25) is 5.91 Å². The molecule has 0 saturated carbocycles. The number of benzene rings is 2. The van der Waals surface area contributed by atoms with Crippen LogP contribution in [0.3, 0.4) is 0 Å². The largest absolute Gasteiger partial charge is 0.323 e. The molecule has 0 aliphatic heterocycles. The number of hydrogen-bond donors (Lipinski definition) is 2. The van der Waals surface area contributed by atoms with Crippen LogP contribution in [0.5, 0.6) is 0 Å². The van der Waals surface area contributed by atoms with Gasteiger partial charge in [0, 0.05) is 10.9 Å². The zero-order chi connectivity index (χ0) is 19.5. The number of thioether (sulfide) groups is 1. The lowest BCUT2D eigenvalue weighted by Gasteiger charge is -2.06. The van der Waals surface area contributed by atoms with Gasteiger partial charge in [-0.1, -0.05) is 54.2 Å². The molecule has 0 fully saturated rings. The Bertz CT molecular complexity index is 1210. The Morgan fingerprint density at radius 3 is 2.68 bits per heavy atom. The Kier molecular flexibility index (Phi) is 5.23. The van der Waals surface area contributed by atoms with Gasteiger partial charge in [0.25, 0.3) is 5.56 Å². The van der Waals surface area contributed by atoms with Crippen molar-refractivity contribution in [3.05, 3.63) is 76.1 Å². The minimum Gasteiger partial charge on any atom is -0.323 e. The standard InChI is InChI=1S/C20H14FN3O2S2/c21-14-8-4-5-9-15(14)22-16(25)11-28-20-23-18(26)17-13(10-27-19(17)24-20)12-6-2-1-3-7-12/h1-10H,11H2,(H,22,25)(H,23,24,26). The van der Waals surface area contributed by atoms with Crippen molar-refractivity contribution < 1.29 is 9.18 Å². The predicted octanol–water partition coefficient (Wildman–Crippen LogP) is 4.52. The predicted molar refractivity (Wildman–Crippen MR) is 111 cm³/mol. The number of carbonyl (C=O) groups excluding carboxylic acids is 1. The van der Waals surface area contributed by atoms with Gasteiger partial charge in [-0.3, -0.25) is 9.59 Å². The molecule has 0 aliphatic rings. The highest BCUT2D eigenvalue weighted by molar-refractivity contribution is 7.99. The number of thiophene rings is 1. The van der Waals surface area contributed by atoms with Gasteiger partial charge >= 0.3 is 0 Å². The number of carbonyl (C=O) groups is 1. The number of aromatic amines is 1. The van der Waals surface area contributed by atoms with Gasteiger partial charge in [0.15, 0.2) is 5.16 Å². The maximum Gasteiger partial charge on any atom is 0.260 e. The summed E-state index contributed by atoms with van der Waals surface area (Å²) in [5.41, 5.74) is 1.66.